The van der Waals surface area contributed by atoms with Crippen LogP contribution in [0.25, 0.3) is 0 Å². The number of nitrogens with one attached hydrogen (secondary N) is 1. The molecule has 1 aliphatic heterocycles. The van der Waals surface area contributed by atoms with E-state index in [-0.39, 0.29) is 17.7 Å². The van der Waals surface area contributed by atoms with Gasteiger partial charge in [0.1, 0.15) is 0 Å². The Balaban J connectivity index is 1.30. The maximum atomic E-state index is 12.7. The highest BCUT2D eigenvalue weighted by atomic mass is 32.1. The number of alkyl halides is 3. The van der Waals surface area contributed by atoms with Crippen molar-refractivity contribution in [3.63, 3.8) is 0 Å². The van der Waals surface area contributed by atoms with Crippen LogP contribution in [0.2, 0.25) is 0 Å². The molecule has 1 saturated heterocycles. The van der Waals surface area contributed by atoms with E-state index in [2.05, 4.69) is 22.1 Å². The molecule has 3 atom stereocenters. The summed E-state index contributed by atoms with van der Waals surface area (Å²) in [5.41, 5.74) is 1.08. The molecule has 29 heavy (non-hydrogen) atoms. The molecule has 0 bridgehead atoms. The van der Waals surface area contributed by atoms with Crippen LogP contribution < -0.4 is 5.32 Å². The van der Waals surface area contributed by atoms with Crippen LogP contribution in [-0.4, -0.2) is 28.9 Å². The Morgan fingerprint density at radius 3 is 2.76 bits per heavy atom. The number of rotatable bonds is 5. The molecule has 3 unspecified atom stereocenters. The molecule has 1 N–H and O–H groups in total. The van der Waals surface area contributed by atoms with Crippen molar-refractivity contribution in [1.82, 2.24) is 9.88 Å². The number of aromatic nitrogens is 1. The standard InChI is InChI=1S/C21H24F3N3OS/c1-13-3-2-8-27(10-13)11-16-12-29-20(25-16)26-19(28)18-9-17(18)14-4-6-15(7-5-14)21(22,23)24/h4-7,12-13,17-18H,2-3,8-11H2,1H3,(H,25,26,28). The molecule has 0 spiro atoms. The maximum absolute atomic E-state index is 12.7. The summed E-state index contributed by atoms with van der Waals surface area (Å²) >= 11 is 1.42. The van der Waals surface area contributed by atoms with Gasteiger partial charge in [0.25, 0.3) is 0 Å². The molecule has 8 heteroatoms. The number of likely N-dealkylation sites (tertiary alicyclic amines) is 1. The topological polar surface area (TPSA) is 45.2 Å². The van der Waals surface area contributed by atoms with Gasteiger partial charge in [-0.25, -0.2) is 4.98 Å². The number of hydrogen-bond acceptors (Lipinski definition) is 4. The Kier molecular flexibility index (Phi) is 5.66. The van der Waals surface area contributed by atoms with Crippen molar-refractivity contribution < 1.29 is 18.0 Å². The summed E-state index contributed by atoms with van der Waals surface area (Å²) in [6.07, 6.45) is -1.20. The fraction of sp³-hybridized carbons (Fsp3) is 0.524. The number of hydrogen-bond donors (Lipinski definition) is 1. The summed E-state index contributed by atoms with van der Waals surface area (Å²) in [5, 5.41) is 5.45. The lowest BCUT2D eigenvalue weighted by Gasteiger charge is -2.30. The molecule has 1 aliphatic carbocycles. The first kappa shape index (κ1) is 20.3. The number of anilines is 1. The van der Waals surface area contributed by atoms with Crippen LogP contribution in [0.4, 0.5) is 18.3 Å². The van der Waals surface area contributed by atoms with E-state index in [9.17, 15) is 18.0 Å². The minimum atomic E-state index is -4.34. The van der Waals surface area contributed by atoms with Crippen molar-refractivity contribution in [2.24, 2.45) is 11.8 Å². The minimum Gasteiger partial charge on any atom is -0.302 e. The van der Waals surface area contributed by atoms with Crippen LogP contribution in [0.15, 0.2) is 29.6 Å². The lowest BCUT2D eigenvalue weighted by molar-refractivity contribution is -0.137. The van der Waals surface area contributed by atoms with Crippen molar-refractivity contribution in [2.45, 2.75) is 44.8 Å². The van der Waals surface area contributed by atoms with E-state index in [1.54, 1.807) is 0 Å². The van der Waals surface area contributed by atoms with E-state index < -0.39 is 11.7 Å². The second kappa shape index (κ2) is 8.07. The van der Waals surface area contributed by atoms with Crippen LogP contribution >= 0.6 is 11.3 Å². The van der Waals surface area contributed by atoms with Crippen LogP contribution in [0.3, 0.4) is 0 Å². The Hall–Kier alpha value is -1.93. The zero-order chi connectivity index (χ0) is 20.6. The molecule has 2 aliphatic rings. The molecular formula is C21H24F3N3OS. The van der Waals surface area contributed by atoms with E-state index in [1.807, 2.05) is 5.38 Å². The van der Waals surface area contributed by atoms with Gasteiger partial charge in [-0.05, 0) is 55.3 Å². The zero-order valence-electron chi connectivity index (χ0n) is 16.2. The van der Waals surface area contributed by atoms with E-state index in [0.29, 0.717) is 17.5 Å². The van der Waals surface area contributed by atoms with Crippen molar-refractivity contribution in [3.05, 3.63) is 46.5 Å². The highest BCUT2D eigenvalue weighted by molar-refractivity contribution is 7.13. The van der Waals surface area contributed by atoms with Gasteiger partial charge in [-0.2, -0.15) is 13.2 Å². The summed E-state index contributed by atoms with van der Waals surface area (Å²) in [5.74, 6) is 0.370. The minimum absolute atomic E-state index is 0.0217. The largest absolute Gasteiger partial charge is 0.416 e. The zero-order valence-corrected chi connectivity index (χ0v) is 17.0. The summed E-state index contributed by atoms with van der Waals surface area (Å²) in [6, 6.07) is 5.11. The first-order valence-corrected chi connectivity index (χ1v) is 10.8. The highest BCUT2D eigenvalue weighted by Crippen LogP contribution is 2.48. The van der Waals surface area contributed by atoms with E-state index in [4.69, 9.17) is 0 Å². The summed E-state index contributed by atoms with van der Waals surface area (Å²) in [4.78, 5) is 19.4. The van der Waals surface area contributed by atoms with Gasteiger partial charge >= 0.3 is 6.18 Å². The third-order valence-corrected chi connectivity index (χ3v) is 6.51. The fourth-order valence-electron chi connectivity index (χ4n) is 4.07. The second-order valence-corrected chi connectivity index (χ2v) is 9.04. The monoisotopic (exact) mass is 423 g/mol. The number of benzene rings is 1. The molecule has 1 aromatic carbocycles. The summed E-state index contributed by atoms with van der Waals surface area (Å²) in [6.45, 7) is 5.23. The van der Waals surface area contributed by atoms with Gasteiger partial charge in [0.15, 0.2) is 5.13 Å². The Morgan fingerprint density at radius 2 is 2.07 bits per heavy atom. The average molecular weight is 424 g/mol. The normalized spacial score (nSPS) is 25.0. The third-order valence-electron chi connectivity index (χ3n) is 5.70. The molecule has 2 fully saturated rings. The van der Waals surface area contributed by atoms with E-state index in [0.717, 1.165) is 43.0 Å². The quantitative estimate of drug-likeness (QED) is 0.725. The molecule has 2 heterocycles. The lowest BCUT2D eigenvalue weighted by atomic mass is 10.0. The molecule has 0 radical (unpaired) electrons. The smallest absolute Gasteiger partial charge is 0.302 e. The molecule has 2 aromatic rings. The highest BCUT2D eigenvalue weighted by Gasteiger charge is 2.44. The number of amides is 1. The van der Waals surface area contributed by atoms with Crippen LogP contribution in [0.5, 0.6) is 0 Å². The summed E-state index contributed by atoms with van der Waals surface area (Å²) < 4.78 is 38.0. The predicted molar refractivity (Wildman–Crippen MR) is 107 cm³/mol. The number of carbonyl (C=O) groups excluding carboxylic acids is 1. The van der Waals surface area contributed by atoms with Crippen LogP contribution in [0.1, 0.15) is 48.9 Å². The summed E-state index contributed by atoms with van der Waals surface area (Å²) in [7, 11) is 0. The van der Waals surface area contributed by atoms with E-state index >= 15 is 0 Å². The fourth-order valence-corrected chi connectivity index (χ4v) is 4.77. The van der Waals surface area contributed by atoms with Gasteiger partial charge in [0.2, 0.25) is 5.91 Å². The first-order chi connectivity index (χ1) is 13.8. The maximum Gasteiger partial charge on any atom is 0.416 e. The van der Waals surface area contributed by atoms with Gasteiger partial charge in [-0.3, -0.25) is 9.69 Å². The molecule has 156 valence electrons. The van der Waals surface area contributed by atoms with Gasteiger partial charge in [-0.15, -0.1) is 11.3 Å². The second-order valence-electron chi connectivity index (χ2n) is 8.18. The van der Waals surface area contributed by atoms with Crippen molar-refractivity contribution in [3.8, 4) is 0 Å². The number of carbonyl (C=O) groups is 1. The SMILES string of the molecule is CC1CCCN(Cc2csc(NC(=O)C3CC3c3ccc(C(F)(F)F)cc3)n2)C1. The van der Waals surface area contributed by atoms with Crippen molar-refractivity contribution in [1.29, 1.82) is 0 Å². The molecule has 4 nitrogen and oxygen atoms in total. The molecule has 4 rings (SSSR count). The average Bonchev–Trinajstić information content (AvgIpc) is 3.36. The number of nitrogens with zero attached hydrogens (tertiary/aromatic N) is 2. The van der Waals surface area contributed by atoms with Gasteiger partial charge in [-0.1, -0.05) is 19.1 Å². The predicted octanol–water partition coefficient (Wildman–Crippen LogP) is 5.14. The number of piperidine rings is 1. The number of halogens is 3. The lowest BCUT2D eigenvalue weighted by Crippen LogP contribution is -2.33. The van der Waals surface area contributed by atoms with Gasteiger partial charge < -0.3 is 5.32 Å². The molecule has 1 amide bonds. The Bertz CT molecular complexity index is 865. The Labute approximate surface area is 172 Å². The van der Waals surface area contributed by atoms with Gasteiger partial charge in [0.05, 0.1) is 11.3 Å². The molecular weight excluding hydrogens is 399 g/mol. The Morgan fingerprint density at radius 1 is 1.31 bits per heavy atom. The van der Waals surface area contributed by atoms with Crippen LogP contribution in [-0.2, 0) is 17.5 Å². The molecule has 1 saturated carbocycles. The van der Waals surface area contributed by atoms with Gasteiger partial charge in [0, 0.05) is 24.4 Å². The van der Waals surface area contributed by atoms with E-state index in [1.165, 1.54) is 36.3 Å². The first-order valence-electron chi connectivity index (χ1n) is 9.94. The van der Waals surface area contributed by atoms with Crippen molar-refractivity contribution in [2.75, 3.05) is 18.4 Å². The molecule has 1 aromatic heterocycles. The number of thiazole rings is 1. The van der Waals surface area contributed by atoms with Crippen molar-refractivity contribution >= 4 is 22.4 Å². The third kappa shape index (κ3) is 4.98. The van der Waals surface area contributed by atoms with Crippen LogP contribution in [0, 0.1) is 11.8 Å².